The maximum atomic E-state index is 12.6. The maximum Gasteiger partial charge on any atom is 0.239 e. The molecule has 0 saturated heterocycles. The van der Waals surface area contributed by atoms with E-state index in [9.17, 15) is 9.59 Å². The van der Waals surface area contributed by atoms with Crippen molar-refractivity contribution in [1.29, 1.82) is 0 Å². The van der Waals surface area contributed by atoms with Crippen LogP contribution in [0.3, 0.4) is 0 Å². The second kappa shape index (κ2) is 7.18. The zero-order valence-electron chi connectivity index (χ0n) is 14.2. The topological polar surface area (TPSA) is 58.2 Å². The first kappa shape index (κ1) is 18.2. The highest BCUT2D eigenvalue weighted by molar-refractivity contribution is 9.10. The van der Waals surface area contributed by atoms with Crippen molar-refractivity contribution in [1.82, 2.24) is 0 Å². The van der Waals surface area contributed by atoms with Crippen LogP contribution in [-0.2, 0) is 9.59 Å². The van der Waals surface area contributed by atoms with Gasteiger partial charge in [-0.05, 0) is 75.2 Å². The molecule has 24 heavy (non-hydrogen) atoms. The van der Waals surface area contributed by atoms with Crippen molar-refractivity contribution in [3.8, 4) is 0 Å². The highest BCUT2D eigenvalue weighted by atomic mass is 79.9. The van der Waals surface area contributed by atoms with Crippen LogP contribution in [0.15, 0.2) is 46.9 Å². The third-order valence-electron chi connectivity index (χ3n) is 3.72. The van der Waals surface area contributed by atoms with Crippen molar-refractivity contribution < 1.29 is 9.59 Å². The maximum absolute atomic E-state index is 12.6. The van der Waals surface area contributed by atoms with E-state index in [1.54, 1.807) is 26.0 Å². The van der Waals surface area contributed by atoms with Crippen molar-refractivity contribution in [3.05, 3.63) is 58.1 Å². The first-order chi connectivity index (χ1) is 11.2. The Morgan fingerprint density at radius 2 is 1.29 bits per heavy atom. The number of hydrogen-bond donors (Lipinski definition) is 2. The Kier molecular flexibility index (Phi) is 5.44. The van der Waals surface area contributed by atoms with Gasteiger partial charge in [-0.1, -0.05) is 22.0 Å². The Morgan fingerprint density at radius 1 is 0.833 bits per heavy atom. The van der Waals surface area contributed by atoms with Gasteiger partial charge in [-0.3, -0.25) is 9.59 Å². The Labute approximate surface area is 150 Å². The molecule has 0 aliphatic rings. The molecule has 0 aromatic heterocycles. The average molecular weight is 389 g/mol. The fourth-order valence-corrected chi connectivity index (χ4v) is 2.52. The molecule has 0 radical (unpaired) electrons. The van der Waals surface area contributed by atoms with Gasteiger partial charge >= 0.3 is 0 Å². The molecular formula is C19H21BrN2O2. The highest BCUT2D eigenvalue weighted by Gasteiger charge is 2.36. The number of benzene rings is 2. The van der Waals surface area contributed by atoms with Crippen molar-refractivity contribution >= 4 is 39.1 Å². The summed E-state index contributed by atoms with van der Waals surface area (Å²) >= 11 is 3.35. The number of rotatable bonds is 4. The van der Waals surface area contributed by atoms with Gasteiger partial charge in [0.05, 0.1) is 0 Å². The van der Waals surface area contributed by atoms with E-state index >= 15 is 0 Å². The van der Waals surface area contributed by atoms with Crippen LogP contribution >= 0.6 is 15.9 Å². The molecular weight excluding hydrogens is 368 g/mol. The summed E-state index contributed by atoms with van der Waals surface area (Å²) < 4.78 is 0.923. The minimum Gasteiger partial charge on any atom is -0.325 e. The molecule has 2 aromatic carbocycles. The van der Waals surface area contributed by atoms with E-state index in [0.717, 1.165) is 15.6 Å². The van der Waals surface area contributed by atoms with Crippen LogP contribution in [0.1, 0.15) is 25.0 Å². The highest BCUT2D eigenvalue weighted by Crippen LogP contribution is 2.23. The summed E-state index contributed by atoms with van der Waals surface area (Å²) in [7, 11) is 0. The third-order valence-corrected chi connectivity index (χ3v) is 4.25. The molecule has 2 rings (SSSR count). The number of hydrogen-bond acceptors (Lipinski definition) is 2. The van der Waals surface area contributed by atoms with Gasteiger partial charge in [0.15, 0.2) is 0 Å². The Bertz CT molecular complexity index is 747. The standard InChI is InChI=1S/C19H21BrN2O2/c1-12-9-13(2)11-16(10-12)22-18(24)19(3,4)17(23)21-15-7-5-14(20)6-8-15/h5-11H,1-4H3,(H,21,23)(H,22,24). The second-order valence-electron chi connectivity index (χ2n) is 6.42. The average Bonchev–Trinajstić information content (AvgIpc) is 2.48. The van der Waals surface area contributed by atoms with Gasteiger partial charge < -0.3 is 10.6 Å². The van der Waals surface area contributed by atoms with Gasteiger partial charge in [0, 0.05) is 15.8 Å². The smallest absolute Gasteiger partial charge is 0.239 e. The molecule has 2 N–H and O–H groups in total. The van der Waals surface area contributed by atoms with Crippen LogP contribution in [0.5, 0.6) is 0 Å². The van der Waals surface area contributed by atoms with E-state index in [1.165, 1.54) is 0 Å². The summed E-state index contributed by atoms with van der Waals surface area (Å²) in [6.07, 6.45) is 0. The molecule has 0 bridgehead atoms. The van der Waals surface area contributed by atoms with E-state index in [4.69, 9.17) is 0 Å². The minimum absolute atomic E-state index is 0.345. The summed E-state index contributed by atoms with van der Waals surface area (Å²) in [6, 6.07) is 13.0. The molecule has 0 aliphatic carbocycles. The molecule has 0 fully saturated rings. The fourth-order valence-electron chi connectivity index (χ4n) is 2.26. The van der Waals surface area contributed by atoms with Gasteiger partial charge in [-0.15, -0.1) is 0 Å². The van der Waals surface area contributed by atoms with Crippen LogP contribution in [0.2, 0.25) is 0 Å². The quantitative estimate of drug-likeness (QED) is 0.747. The van der Waals surface area contributed by atoms with Crippen molar-refractivity contribution in [2.45, 2.75) is 27.7 Å². The second-order valence-corrected chi connectivity index (χ2v) is 7.33. The summed E-state index contributed by atoms with van der Waals surface area (Å²) in [5, 5.41) is 5.61. The van der Waals surface area contributed by atoms with Crippen LogP contribution in [0.4, 0.5) is 11.4 Å². The molecule has 0 heterocycles. The number of carbonyl (C=O) groups is 2. The number of aryl methyl sites for hydroxylation is 2. The van der Waals surface area contributed by atoms with Gasteiger partial charge in [-0.2, -0.15) is 0 Å². The summed E-state index contributed by atoms with van der Waals surface area (Å²) in [6.45, 7) is 7.15. The van der Waals surface area contributed by atoms with E-state index in [-0.39, 0.29) is 11.8 Å². The lowest BCUT2D eigenvalue weighted by atomic mass is 9.90. The Morgan fingerprint density at radius 3 is 1.79 bits per heavy atom. The van der Waals surface area contributed by atoms with Gasteiger partial charge in [0.1, 0.15) is 5.41 Å². The molecule has 0 spiro atoms. The van der Waals surface area contributed by atoms with Gasteiger partial charge in [0.2, 0.25) is 11.8 Å². The lowest BCUT2D eigenvalue weighted by molar-refractivity contribution is -0.135. The monoisotopic (exact) mass is 388 g/mol. The molecule has 4 nitrogen and oxygen atoms in total. The fraction of sp³-hybridized carbons (Fsp3) is 0.263. The predicted molar refractivity (Wildman–Crippen MR) is 101 cm³/mol. The zero-order chi connectivity index (χ0) is 17.9. The number of carbonyl (C=O) groups excluding carboxylic acids is 2. The minimum atomic E-state index is -1.20. The number of anilines is 2. The van der Waals surface area contributed by atoms with Crippen LogP contribution in [0, 0.1) is 19.3 Å². The van der Waals surface area contributed by atoms with Crippen molar-refractivity contribution in [2.24, 2.45) is 5.41 Å². The van der Waals surface area contributed by atoms with E-state index in [1.807, 2.05) is 44.2 Å². The molecule has 126 valence electrons. The summed E-state index contributed by atoms with van der Waals surface area (Å²) in [5.74, 6) is -0.700. The van der Waals surface area contributed by atoms with E-state index < -0.39 is 5.41 Å². The first-order valence-electron chi connectivity index (χ1n) is 7.65. The molecule has 2 amide bonds. The molecule has 5 heteroatoms. The number of nitrogens with one attached hydrogen (secondary N) is 2. The third kappa shape index (κ3) is 4.45. The zero-order valence-corrected chi connectivity index (χ0v) is 15.8. The molecule has 0 unspecified atom stereocenters. The lowest BCUT2D eigenvalue weighted by Crippen LogP contribution is -2.41. The van der Waals surface area contributed by atoms with Crippen LogP contribution in [-0.4, -0.2) is 11.8 Å². The SMILES string of the molecule is Cc1cc(C)cc(NC(=O)C(C)(C)C(=O)Nc2ccc(Br)cc2)c1. The first-order valence-corrected chi connectivity index (χ1v) is 8.44. The number of halogens is 1. The normalized spacial score (nSPS) is 11.0. The summed E-state index contributed by atoms with van der Waals surface area (Å²) in [5.41, 5.74) is 2.26. The molecule has 0 aliphatic heterocycles. The van der Waals surface area contributed by atoms with Gasteiger partial charge in [0.25, 0.3) is 0 Å². The molecule has 0 saturated carbocycles. The lowest BCUT2D eigenvalue weighted by Gasteiger charge is -2.23. The van der Waals surface area contributed by atoms with Crippen LogP contribution < -0.4 is 10.6 Å². The van der Waals surface area contributed by atoms with Gasteiger partial charge in [-0.25, -0.2) is 0 Å². The number of amides is 2. The molecule has 0 atom stereocenters. The van der Waals surface area contributed by atoms with E-state index in [0.29, 0.717) is 11.4 Å². The molecule has 2 aromatic rings. The largest absolute Gasteiger partial charge is 0.325 e. The van der Waals surface area contributed by atoms with Crippen molar-refractivity contribution in [3.63, 3.8) is 0 Å². The van der Waals surface area contributed by atoms with E-state index in [2.05, 4.69) is 26.6 Å². The summed E-state index contributed by atoms with van der Waals surface area (Å²) in [4.78, 5) is 25.1. The Balaban J connectivity index is 2.11. The predicted octanol–water partition coefficient (Wildman–Crippen LogP) is 4.67. The van der Waals surface area contributed by atoms with Crippen LogP contribution in [0.25, 0.3) is 0 Å². The van der Waals surface area contributed by atoms with Crippen molar-refractivity contribution in [2.75, 3.05) is 10.6 Å². The Hall–Kier alpha value is -2.14.